The predicted octanol–water partition coefficient (Wildman–Crippen LogP) is 2.40. The van der Waals surface area contributed by atoms with Crippen LogP contribution in [0.4, 0.5) is 0 Å². The highest BCUT2D eigenvalue weighted by Gasteiger charge is 2.09. The zero-order valence-corrected chi connectivity index (χ0v) is 11.8. The van der Waals surface area contributed by atoms with Gasteiger partial charge in [-0.3, -0.25) is 9.48 Å². The molecule has 0 spiro atoms. The van der Waals surface area contributed by atoms with Crippen molar-refractivity contribution in [2.75, 3.05) is 0 Å². The molecular weight excluding hydrogens is 250 g/mol. The van der Waals surface area contributed by atoms with Crippen LogP contribution in [0.1, 0.15) is 36.4 Å². The summed E-state index contributed by atoms with van der Waals surface area (Å²) in [5.74, 6) is 0.264. The normalized spacial score (nSPS) is 12.3. The molecule has 1 atom stereocenters. The zero-order chi connectivity index (χ0) is 14.4. The van der Waals surface area contributed by atoms with Crippen LogP contribution in [-0.4, -0.2) is 15.6 Å². The highest BCUT2D eigenvalue weighted by Crippen LogP contribution is 2.16. The van der Waals surface area contributed by atoms with Crippen molar-refractivity contribution in [2.24, 2.45) is 12.8 Å². The fourth-order valence-electron chi connectivity index (χ4n) is 2.19. The molecule has 1 unspecified atom stereocenters. The number of aryl methyl sites for hydroxylation is 2. The van der Waals surface area contributed by atoms with Gasteiger partial charge in [0.25, 0.3) is 0 Å². The third kappa shape index (κ3) is 4.31. The fourth-order valence-corrected chi connectivity index (χ4v) is 2.19. The van der Waals surface area contributed by atoms with Crippen LogP contribution in [0.5, 0.6) is 0 Å². The van der Waals surface area contributed by atoms with Gasteiger partial charge in [-0.1, -0.05) is 30.3 Å². The van der Waals surface area contributed by atoms with Gasteiger partial charge in [-0.15, -0.1) is 0 Å². The fraction of sp³-hybridized carbons (Fsp3) is 0.375. The molecule has 4 nitrogen and oxygen atoms in total. The number of hydrogen-bond acceptors (Lipinski definition) is 3. The van der Waals surface area contributed by atoms with Crippen LogP contribution in [0, 0.1) is 0 Å². The molecule has 0 radical (unpaired) electrons. The highest BCUT2D eigenvalue weighted by molar-refractivity contribution is 5.78. The summed E-state index contributed by atoms with van der Waals surface area (Å²) in [4.78, 5) is 11.9. The lowest BCUT2D eigenvalue weighted by molar-refractivity contribution is -0.119. The van der Waals surface area contributed by atoms with Crippen LogP contribution in [-0.2, 0) is 18.3 Å². The van der Waals surface area contributed by atoms with Gasteiger partial charge in [-0.05, 0) is 24.0 Å². The van der Waals surface area contributed by atoms with E-state index in [-0.39, 0.29) is 11.8 Å². The Kier molecular flexibility index (Phi) is 5.07. The SMILES string of the molecule is Cn1cc(CCC(=O)CCC(N)c2ccccc2)cn1. The largest absolute Gasteiger partial charge is 0.324 e. The number of hydrogen-bond donors (Lipinski definition) is 1. The average molecular weight is 271 g/mol. The lowest BCUT2D eigenvalue weighted by Gasteiger charge is -2.11. The first kappa shape index (κ1) is 14.5. The molecule has 1 aromatic heterocycles. The molecule has 0 aliphatic rings. The summed E-state index contributed by atoms with van der Waals surface area (Å²) >= 11 is 0. The van der Waals surface area contributed by atoms with E-state index < -0.39 is 0 Å². The number of benzene rings is 1. The summed E-state index contributed by atoms with van der Waals surface area (Å²) in [6.45, 7) is 0. The molecule has 0 saturated carbocycles. The third-order valence-electron chi connectivity index (χ3n) is 3.41. The Balaban J connectivity index is 1.72. The Bertz CT molecular complexity index is 548. The van der Waals surface area contributed by atoms with E-state index in [1.165, 1.54) is 0 Å². The van der Waals surface area contributed by atoms with Crippen LogP contribution < -0.4 is 5.73 Å². The molecule has 20 heavy (non-hydrogen) atoms. The minimum Gasteiger partial charge on any atom is -0.324 e. The van der Waals surface area contributed by atoms with Gasteiger partial charge < -0.3 is 5.73 Å². The van der Waals surface area contributed by atoms with E-state index in [9.17, 15) is 4.79 Å². The Morgan fingerprint density at radius 2 is 2.05 bits per heavy atom. The first-order valence-corrected chi connectivity index (χ1v) is 6.95. The van der Waals surface area contributed by atoms with E-state index in [4.69, 9.17) is 5.73 Å². The first-order chi connectivity index (χ1) is 9.65. The molecule has 0 fully saturated rings. The number of nitrogens with two attached hydrogens (primary N) is 1. The van der Waals surface area contributed by atoms with Gasteiger partial charge in [-0.2, -0.15) is 5.10 Å². The summed E-state index contributed by atoms with van der Waals surface area (Å²) in [6, 6.07) is 9.86. The van der Waals surface area contributed by atoms with E-state index in [0.29, 0.717) is 19.3 Å². The third-order valence-corrected chi connectivity index (χ3v) is 3.41. The Morgan fingerprint density at radius 3 is 2.70 bits per heavy atom. The average Bonchev–Trinajstić information content (AvgIpc) is 2.89. The molecule has 0 aliphatic heterocycles. The summed E-state index contributed by atoms with van der Waals surface area (Å²) in [5.41, 5.74) is 8.28. The molecule has 0 bridgehead atoms. The lowest BCUT2D eigenvalue weighted by Crippen LogP contribution is -2.12. The quantitative estimate of drug-likeness (QED) is 0.841. The molecule has 2 N–H and O–H groups in total. The number of ketones is 1. The Hall–Kier alpha value is -1.94. The van der Waals surface area contributed by atoms with E-state index >= 15 is 0 Å². The summed E-state index contributed by atoms with van der Waals surface area (Å²) in [5, 5.41) is 4.09. The molecule has 1 heterocycles. The maximum atomic E-state index is 11.9. The summed E-state index contributed by atoms with van der Waals surface area (Å²) in [6.07, 6.45) is 6.32. The Labute approximate surface area is 119 Å². The van der Waals surface area contributed by atoms with E-state index in [2.05, 4.69) is 5.10 Å². The zero-order valence-electron chi connectivity index (χ0n) is 11.8. The number of carbonyl (C=O) groups is 1. The second-order valence-corrected chi connectivity index (χ2v) is 5.12. The summed E-state index contributed by atoms with van der Waals surface area (Å²) in [7, 11) is 1.88. The van der Waals surface area contributed by atoms with Gasteiger partial charge in [0.15, 0.2) is 0 Å². The second-order valence-electron chi connectivity index (χ2n) is 5.12. The number of aromatic nitrogens is 2. The number of Topliss-reactive ketones (excluding diaryl/α,β-unsaturated/α-hetero) is 1. The van der Waals surface area contributed by atoms with Crippen molar-refractivity contribution in [3.8, 4) is 0 Å². The van der Waals surface area contributed by atoms with Gasteiger partial charge >= 0.3 is 0 Å². The van der Waals surface area contributed by atoms with Crippen LogP contribution in [0.2, 0.25) is 0 Å². The minimum absolute atomic E-state index is 0.0569. The van der Waals surface area contributed by atoms with E-state index in [1.807, 2.05) is 49.8 Å². The smallest absolute Gasteiger partial charge is 0.133 e. The number of carbonyl (C=O) groups excluding carboxylic acids is 1. The predicted molar refractivity (Wildman–Crippen MR) is 79.1 cm³/mol. The molecule has 2 aromatic rings. The van der Waals surface area contributed by atoms with Gasteiger partial charge in [0, 0.05) is 32.1 Å². The molecule has 4 heteroatoms. The molecular formula is C16H21N3O. The van der Waals surface area contributed by atoms with E-state index in [0.717, 1.165) is 17.5 Å². The van der Waals surface area contributed by atoms with Gasteiger partial charge in [0.1, 0.15) is 5.78 Å². The maximum absolute atomic E-state index is 11.9. The first-order valence-electron chi connectivity index (χ1n) is 6.95. The molecule has 0 saturated heterocycles. The number of rotatable bonds is 7. The molecule has 106 valence electrons. The standard InChI is InChI=1S/C16H21N3O/c1-19-12-13(11-18-19)7-8-15(20)9-10-16(17)14-5-3-2-4-6-14/h2-6,11-12,16H,7-10,17H2,1H3. The van der Waals surface area contributed by atoms with Crippen LogP contribution in [0.3, 0.4) is 0 Å². The van der Waals surface area contributed by atoms with Crippen LogP contribution >= 0.6 is 0 Å². The lowest BCUT2D eigenvalue weighted by atomic mass is 10.00. The molecule has 0 aliphatic carbocycles. The minimum atomic E-state index is -0.0569. The maximum Gasteiger partial charge on any atom is 0.133 e. The summed E-state index contributed by atoms with van der Waals surface area (Å²) < 4.78 is 1.76. The second kappa shape index (κ2) is 7.01. The van der Waals surface area contributed by atoms with Crippen LogP contribution in [0.25, 0.3) is 0 Å². The van der Waals surface area contributed by atoms with Crippen molar-refractivity contribution < 1.29 is 4.79 Å². The Morgan fingerprint density at radius 1 is 1.30 bits per heavy atom. The van der Waals surface area contributed by atoms with Gasteiger partial charge in [0.05, 0.1) is 6.20 Å². The molecule has 0 amide bonds. The van der Waals surface area contributed by atoms with Crippen LogP contribution in [0.15, 0.2) is 42.7 Å². The van der Waals surface area contributed by atoms with Crippen molar-refractivity contribution >= 4 is 5.78 Å². The van der Waals surface area contributed by atoms with Crippen molar-refractivity contribution in [2.45, 2.75) is 31.7 Å². The van der Waals surface area contributed by atoms with Crippen molar-refractivity contribution in [1.29, 1.82) is 0 Å². The molecule has 1 aromatic carbocycles. The van der Waals surface area contributed by atoms with Crippen molar-refractivity contribution in [3.63, 3.8) is 0 Å². The topological polar surface area (TPSA) is 60.9 Å². The number of nitrogens with zero attached hydrogens (tertiary/aromatic N) is 2. The molecule has 2 rings (SSSR count). The van der Waals surface area contributed by atoms with Gasteiger partial charge in [-0.25, -0.2) is 0 Å². The van der Waals surface area contributed by atoms with Crippen molar-refractivity contribution in [3.05, 3.63) is 53.9 Å². The van der Waals surface area contributed by atoms with Crippen molar-refractivity contribution in [1.82, 2.24) is 9.78 Å². The van der Waals surface area contributed by atoms with Gasteiger partial charge in [0.2, 0.25) is 0 Å². The monoisotopic (exact) mass is 271 g/mol. The highest BCUT2D eigenvalue weighted by atomic mass is 16.1. The van der Waals surface area contributed by atoms with E-state index in [1.54, 1.807) is 4.68 Å².